The molecule has 0 radical (unpaired) electrons. The monoisotopic (exact) mass is 694 g/mol. The maximum Gasteiger partial charge on any atom is 0.303 e. The van der Waals surface area contributed by atoms with Gasteiger partial charge in [0.05, 0.1) is 22.9 Å². The van der Waals surface area contributed by atoms with Crippen molar-refractivity contribution in [2.45, 2.75) is 108 Å². The highest BCUT2D eigenvalue weighted by Crippen LogP contribution is 2.61. The molecule has 3 bridgehead atoms. The largest absolute Gasteiger partial charge is 0.459 e. The Morgan fingerprint density at radius 3 is 2.57 bits per heavy atom. The molecular weight excluding hydrogens is 640 g/mol. The van der Waals surface area contributed by atoms with Gasteiger partial charge in [-0.05, 0) is 114 Å². The van der Waals surface area contributed by atoms with Gasteiger partial charge in [-0.3, -0.25) is 19.5 Å². The molecule has 3 aromatic rings. The van der Waals surface area contributed by atoms with Crippen LogP contribution in [-0.4, -0.2) is 92.9 Å². The summed E-state index contributed by atoms with van der Waals surface area (Å²) in [6, 6.07) is 10.3. The lowest BCUT2D eigenvalue weighted by molar-refractivity contribution is -0.168. The average Bonchev–Trinajstić information content (AvgIpc) is 3.65. The first-order valence-corrected chi connectivity index (χ1v) is 19.0. The molecule has 4 aliphatic rings. The molecule has 0 saturated carbocycles. The molecule has 1 unspecified atom stereocenters. The van der Waals surface area contributed by atoms with Crippen LogP contribution in [0.1, 0.15) is 83.7 Å². The van der Waals surface area contributed by atoms with E-state index in [4.69, 9.17) is 14.5 Å². The Balaban J connectivity index is 1.41. The number of para-hydroxylation sites is 1. The number of nitrogens with zero attached hydrogens (tertiary/aromatic N) is 3. The lowest BCUT2D eigenvalue weighted by Gasteiger charge is -2.58. The molecule has 1 aromatic carbocycles. The number of unbranched alkanes of at least 4 members (excludes halogenated alkanes) is 2. The molecule has 51 heavy (non-hydrogen) atoms. The Bertz CT molecular complexity index is 1820. The number of allylic oxidation sites excluding steroid dienone is 2. The van der Waals surface area contributed by atoms with Gasteiger partial charge < -0.3 is 24.5 Å². The van der Waals surface area contributed by atoms with E-state index in [1.807, 2.05) is 18.3 Å². The highest BCUT2D eigenvalue weighted by molar-refractivity contribution is 6.09. The number of hydrogen-bond acceptors (Lipinski definition) is 8. The number of carbonyl (C=O) groups is 2. The van der Waals surface area contributed by atoms with Crippen LogP contribution in [0, 0.1) is 11.3 Å². The van der Waals surface area contributed by atoms with Crippen LogP contribution in [0.5, 0.6) is 0 Å². The van der Waals surface area contributed by atoms with Crippen molar-refractivity contribution in [3.8, 4) is 0 Å². The highest BCUT2D eigenvalue weighted by Gasteiger charge is 2.66. The number of hydrogen-bond donors (Lipinski definition) is 2. The first kappa shape index (κ1) is 35.6. The zero-order chi connectivity index (χ0) is 35.8. The van der Waals surface area contributed by atoms with Crippen molar-refractivity contribution in [2.24, 2.45) is 11.3 Å². The highest BCUT2D eigenvalue weighted by atomic mass is 16.6. The molecule has 1 spiro atoms. The zero-order valence-electron chi connectivity index (χ0n) is 30.3. The number of rotatable bonds is 9. The molecule has 8 atom stereocenters. The van der Waals surface area contributed by atoms with E-state index in [1.54, 1.807) is 0 Å². The van der Waals surface area contributed by atoms with Crippen molar-refractivity contribution in [1.29, 1.82) is 0 Å². The summed E-state index contributed by atoms with van der Waals surface area (Å²) in [5.41, 5.74) is 2.48. The molecule has 3 saturated heterocycles. The van der Waals surface area contributed by atoms with E-state index in [0.29, 0.717) is 19.3 Å². The number of aliphatic hydroxyl groups is 1. The molecule has 3 aliphatic heterocycles. The Kier molecular flexibility index (Phi) is 10.2. The normalized spacial score (nSPS) is 32.6. The molecule has 9 nitrogen and oxygen atoms in total. The fourth-order valence-corrected chi connectivity index (χ4v) is 10.4. The summed E-state index contributed by atoms with van der Waals surface area (Å²) < 4.78 is 11.8. The fraction of sp³-hybridized carbons (Fsp3) is 0.548. The van der Waals surface area contributed by atoms with Gasteiger partial charge in [-0.15, -0.1) is 13.2 Å². The second-order valence-electron chi connectivity index (χ2n) is 15.5. The van der Waals surface area contributed by atoms with Crippen LogP contribution in [0.3, 0.4) is 0 Å². The van der Waals surface area contributed by atoms with E-state index in [2.05, 4.69) is 64.4 Å². The number of likely N-dealkylation sites (tertiary alicyclic amines) is 1. The van der Waals surface area contributed by atoms with Crippen LogP contribution in [0.2, 0.25) is 0 Å². The molecular formula is C42H54N4O5. The molecule has 7 rings (SSSR count). The molecule has 2 N–H and O–H groups in total. The summed E-state index contributed by atoms with van der Waals surface area (Å²) >= 11 is 0. The molecule has 3 fully saturated rings. The number of H-pyrrole nitrogens is 1. The minimum absolute atomic E-state index is 0.100. The van der Waals surface area contributed by atoms with Gasteiger partial charge in [0, 0.05) is 54.3 Å². The van der Waals surface area contributed by atoms with Gasteiger partial charge in [-0.1, -0.05) is 30.4 Å². The number of carbonyl (C=O) groups excluding carboxylic acids is 2. The predicted molar refractivity (Wildman–Crippen MR) is 201 cm³/mol. The standard InChI is InChI=1S/C42H54N4O5/c1-5-7-8-12-23-46-30(6-2)25-41-27-45-22-13-11-16-36(50-28(3)47)37(51-29(4)48)17-20-42(49,40(41)46)26-33(34(41)19-24-45)38-39-32(18-21-43-38)31-14-9-10-15-35(31)44-39/h5-6,9-10,14-15,18,21,26,30,34,36-37,40,44,49H,1-2,7-8,11-13,16-17,19-20,22-25,27H2,3-4H3/t30-,34-,36+,37-,40+,41-,42-/m0/s1. The summed E-state index contributed by atoms with van der Waals surface area (Å²) in [4.78, 5) is 38.8. The minimum Gasteiger partial charge on any atom is -0.459 e. The van der Waals surface area contributed by atoms with Crippen LogP contribution in [-0.2, 0) is 19.1 Å². The van der Waals surface area contributed by atoms with Crippen molar-refractivity contribution in [1.82, 2.24) is 19.8 Å². The Labute approximate surface area is 301 Å². The summed E-state index contributed by atoms with van der Waals surface area (Å²) in [6.07, 6.45) is 14.8. The molecule has 272 valence electrons. The first-order chi connectivity index (χ1) is 24.7. The molecule has 2 aromatic heterocycles. The number of pyridine rings is 1. The number of aromatic amines is 1. The maximum atomic E-state index is 13.5. The van der Waals surface area contributed by atoms with E-state index >= 15 is 0 Å². The SMILES string of the molecule is C=CCCCCN1[C@@H]2[C@@]3(C[C@@H]1C=C)CN1CCCC[C@@H](OC(C)=O)[C@@H](OC(C)=O)CC[C@]2(O)C=C(c2nccc4c2[nH]c2ccccc24)[C@@H]3CC1. The van der Waals surface area contributed by atoms with Crippen molar-refractivity contribution < 1.29 is 24.2 Å². The number of nitrogens with one attached hydrogen (secondary N) is 1. The zero-order valence-corrected chi connectivity index (χ0v) is 30.3. The van der Waals surface area contributed by atoms with Crippen molar-refractivity contribution in [3.63, 3.8) is 0 Å². The van der Waals surface area contributed by atoms with E-state index < -0.39 is 29.7 Å². The van der Waals surface area contributed by atoms with Crippen LogP contribution >= 0.6 is 0 Å². The van der Waals surface area contributed by atoms with Crippen LogP contribution in [0.25, 0.3) is 27.4 Å². The third kappa shape index (κ3) is 6.69. The van der Waals surface area contributed by atoms with Gasteiger partial charge >= 0.3 is 11.9 Å². The Morgan fingerprint density at radius 2 is 1.80 bits per heavy atom. The smallest absolute Gasteiger partial charge is 0.303 e. The topological polar surface area (TPSA) is 108 Å². The van der Waals surface area contributed by atoms with Gasteiger partial charge in [-0.25, -0.2) is 0 Å². The first-order valence-electron chi connectivity index (χ1n) is 19.0. The molecule has 5 heterocycles. The summed E-state index contributed by atoms with van der Waals surface area (Å²) in [5, 5.41) is 15.8. The summed E-state index contributed by atoms with van der Waals surface area (Å²) in [7, 11) is 0. The van der Waals surface area contributed by atoms with Gasteiger partial charge in [0.15, 0.2) is 0 Å². The van der Waals surface area contributed by atoms with Crippen LogP contribution in [0.4, 0.5) is 0 Å². The second-order valence-corrected chi connectivity index (χ2v) is 15.5. The summed E-state index contributed by atoms with van der Waals surface area (Å²) in [6.45, 7) is 14.7. The molecule has 9 heteroatoms. The number of piperidine rings is 1. The number of esters is 2. The van der Waals surface area contributed by atoms with Gasteiger partial charge in [0.1, 0.15) is 12.2 Å². The van der Waals surface area contributed by atoms with Crippen molar-refractivity contribution >= 4 is 39.3 Å². The average molecular weight is 695 g/mol. The Morgan fingerprint density at radius 1 is 1.02 bits per heavy atom. The van der Waals surface area contributed by atoms with E-state index in [-0.39, 0.29) is 23.4 Å². The van der Waals surface area contributed by atoms with Gasteiger partial charge in [0.2, 0.25) is 0 Å². The van der Waals surface area contributed by atoms with Crippen LogP contribution in [0.15, 0.2) is 67.9 Å². The molecule has 0 amide bonds. The second kappa shape index (κ2) is 14.7. The molecule has 1 aliphatic carbocycles. The van der Waals surface area contributed by atoms with Crippen molar-refractivity contribution in [3.05, 3.63) is 73.6 Å². The van der Waals surface area contributed by atoms with Crippen molar-refractivity contribution in [2.75, 3.05) is 26.2 Å². The third-order valence-corrected chi connectivity index (χ3v) is 12.2. The van der Waals surface area contributed by atoms with Gasteiger partial charge in [-0.2, -0.15) is 0 Å². The van der Waals surface area contributed by atoms with E-state index in [1.165, 1.54) is 13.8 Å². The number of ether oxygens (including phenoxy) is 2. The Hall–Kier alpha value is -3.79. The third-order valence-electron chi connectivity index (χ3n) is 12.2. The number of benzene rings is 1. The lowest BCUT2D eigenvalue weighted by Crippen LogP contribution is -2.65. The maximum absolute atomic E-state index is 13.5. The van der Waals surface area contributed by atoms with Gasteiger partial charge in [0.25, 0.3) is 0 Å². The fourth-order valence-electron chi connectivity index (χ4n) is 10.4. The van der Waals surface area contributed by atoms with E-state index in [0.717, 1.165) is 104 Å². The van der Waals surface area contributed by atoms with Crippen LogP contribution < -0.4 is 0 Å². The summed E-state index contributed by atoms with van der Waals surface area (Å²) in [5.74, 6) is -0.639. The van der Waals surface area contributed by atoms with E-state index in [9.17, 15) is 14.7 Å². The minimum atomic E-state index is -1.30. The quantitative estimate of drug-likeness (QED) is 0.141. The number of fused-ring (bicyclic) bond motifs is 4. The lowest BCUT2D eigenvalue weighted by atomic mass is 9.54. The number of aromatic nitrogens is 2. The predicted octanol–water partition coefficient (Wildman–Crippen LogP) is 6.97.